The van der Waals surface area contributed by atoms with Gasteiger partial charge < -0.3 is 9.47 Å². The van der Waals surface area contributed by atoms with Crippen LogP contribution in [0.4, 0.5) is 0 Å². The second kappa shape index (κ2) is 13.6. The monoisotopic (exact) mass is 814 g/mol. The predicted octanol–water partition coefficient (Wildman–Crippen LogP) is 8.79. The molecule has 3 aliphatic rings. The van der Waals surface area contributed by atoms with Crippen LogP contribution >= 0.6 is 31.9 Å². The molecular weight excluding hydrogens is 782 g/mol. The molecule has 45 heavy (non-hydrogen) atoms. The molecule has 6 rings (SSSR count). The summed E-state index contributed by atoms with van der Waals surface area (Å²) in [6.07, 6.45) is 7.25. The Hall–Kier alpha value is -1.97. The molecule has 0 radical (unpaired) electrons. The molecule has 2 aliphatic heterocycles. The van der Waals surface area contributed by atoms with Crippen molar-refractivity contribution in [2.24, 2.45) is 9.98 Å². The summed E-state index contributed by atoms with van der Waals surface area (Å²) in [7, 11) is 0. The number of alkyl halides is 2. The van der Waals surface area contributed by atoms with Gasteiger partial charge in [-0.25, -0.2) is 11.1 Å². The molecule has 0 saturated heterocycles. The fraction of sp³-hybridized carbons (Fsp3) is 0.351. The summed E-state index contributed by atoms with van der Waals surface area (Å²) < 4.78 is 13.4. The van der Waals surface area contributed by atoms with Crippen LogP contribution in [0.1, 0.15) is 60.6 Å². The van der Waals surface area contributed by atoms with Gasteiger partial charge in [0.05, 0.1) is 0 Å². The van der Waals surface area contributed by atoms with Gasteiger partial charge in [0.2, 0.25) is 0 Å². The zero-order valence-electron chi connectivity index (χ0n) is 26.0. The standard InChI is InChI=1S/C37H36Br2N2O2.2Ni/c1-23-14-7-10-17-26(23)33-40-36(5,27-18-11-8-15-24(27)2)31(42-33)22-32-37(6,28-19-12-9-16-25(28)3)41-34(43-32)29-20-13-21-30(38)35(29,4)39;;/h7-9,11-12,14-21,30-32H,22H2,1-6H3;;/q-2;;/t30?,31?,32?,35?,36-,37-;;/m1../s1. The van der Waals surface area contributed by atoms with Crippen LogP contribution < -0.4 is 0 Å². The summed E-state index contributed by atoms with van der Waals surface area (Å²) in [6, 6.07) is 26.1. The Morgan fingerprint density at radius 3 is 1.87 bits per heavy atom. The van der Waals surface area contributed by atoms with Crippen molar-refractivity contribution in [3.05, 3.63) is 130 Å². The zero-order chi connectivity index (χ0) is 30.6. The van der Waals surface area contributed by atoms with Crippen LogP contribution in [0.15, 0.2) is 94.4 Å². The summed E-state index contributed by atoms with van der Waals surface area (Å²) in [6.45, 7) is 12.9. The van der Waals surface area contributed by atoms with Gasteiger partial charge in [0.1, 0.15) is 29.2 Å². The SMILES string of the molecule is Cc1cc[c-]cc1C1=N[C@](C)(c2ccccc2C)C(CC2OC(C3=C[C-]=CC(Br)C3(C)Br)=N[C@]2(C)c2ccccc2C)O1.[Ni].[Ni]. The van der Waals surface area contributed by atoms with E-state index in [0.717, 1.165) is 27.8 Å². The molecule has 0 fully saturated rings. The molecule has 4 nitrogen and oxygen atoms in total. The van der Waals surface area contributed by atoms with Crippen molar-refractivity contribution in [2.75, 3.05) is 0 Å². The van der Waals surface area contributed by atoms with Crippen molar-refractivity contribution in [1.29, 1.82) is 0 Å². The number of benzene rings is 3. The smallest absolute Gasteiger partial charge is 0.158 e. The maximum absolute atomic E-state index is 6.94. The third kappa shape index (κ3) is 6.34. The van der Waals surface area contributed by atoms with E-state index in [1.807, 2.05) is 30.4 Å². The minimum atomic E-state index is -0.650. The number of rotatable bonds is 6. The van der Waals surface area contributed by atoms with Crippen LogP contribution in [0, 0.1) is 32.9 Å². The predicted molar refractivity (Wildman–Crippen MR) is 181 cm³/mol. The van der Waals surface area contributed by atoms with E-state index in [9.17, 15) is 0 Å². The van der Waals surface area contributed by atoms with Gasteiger partial charge in [-0.3, -0.25) is 11.1 Å². The van der Waals surface area contributed by atoms with Crippen molar-refractivity contribution in [3.8, 4) is 0 Å². The van der Waals surface area contributed by atoms with E-state index in [0.29, 0.717) is 18.2 Å². The summed E-state index contributed by atoms with van der Waals surface area (Å²) >= 11 is 7.75. The molecule has 3 aromatic rings. The van der Waals surface area contributed by atoms with Crippen molar-refractivity contribution >= 4 is 43.7 Å². The van der Waals surface area contributed by atoms with Crippen LogP contribution in [0.25, 0.3) is 0 Å². The number of hydrogen-bond acceptors (Lipinski definition) is 4. The van der Waals surface area contributed by atoms with Gasteiger partial charge in [0.15, 0.2) is 5.90 Å². The fourth-order valence-electron chi connectivity index (χ4n) is 6.54. The van der Waals surface area contributed by atoms with Crippen molar-refractivity contribution < 1.29 is 42.5 Å². The van der Waals surface area contributed by atoms with Crippen molar-refractivity contribution in [3.63, 3.8) is 0 Å². The van der Waals surface area contributed by atoms with Crippen LogP contribution in [0.2, 0.25) is 0 Å². The molecule has 0 N–H and O–H groups in total. The zero-order valence-corrected chi connectivity index (χ0v) is 31.2. The molecule has 0 spiro atoms. The maximum atomic E-state index is 6.94. The van der Waals surface area contributed by atoms with Crippen LogP contribution in [-0.4, -0.2) is 33.2 Å². The molecule has 2 heterocycles. The Labute approximate surface area is 304 Å². The van der Waals surface area contributed by atoms with Gasteiger partial charge in [-0.2, -0.15) is 30.3 Å². The number of halogens is 2. The number of hydrogen-bond donors (Lipinski definition) is 0. The number of nitrogens with zero attached hydrogens (tertiary/aromatic N) is 2. The molecule has 1 aliphatic carbocycles. The second-order valence-electron chi connectivity index (χ2n) is 12.3. The first kappa shape index (κ1) is 35.9. The second-order valence-corrected chi connectivity index (χ2v) is 15.0. The Morgan fingerprint density at radius 1 is 0.778 bits per heavy atom. The summed E-state index contributed by atoms with van der Waals surface area (Å²) in [5.74, 6) is 1.28. The van der Waals surface area contributed by atoms with Crippen molar-refractivity contribution in [2.45, 2.75) is 80.4 Å². The summed E-state index contributed by atoms with van der Waals surface area (Å²) in [4.78, 5) is 10.8. The Kier molecular flexibility index (Phi) is 10.9. The number of ether oxygens (including phenoxy) is 2. The molecule has 0 amide bonds. The number of aryl methyl sites for hydroxylation is 3. The molecule has 242 valence electrons. The van der Waals surface area contributed by atoms with Gasteiger partial charge in [0, 0.05) is 48.6 Å². The van der Waals surface area contributed by atoms with E-state index in [1.165, 1.54) is 11.1 Å². The van der Waals surface area contributed by atoms with E-state index < -0.39 is 15.4 Å². The third-order valence-electron chi connectivity index (χ3n) is 9.30. The fourth-order valence-corrected chi connectivity index (χ4v) is 7.35. The first-order valence-corrected chi connectivity index (χ1v) is 16.4. The van der Waals surface area contributed by atoms with Crippen LogP contribution in [0.3, 0.4) is 0 Å². The third-order valence-corrected chi connectivity index (χ3v) is 12.0. The average molecular weight is 818 g/mol. The normalized spacial score (nSPS) is 30.2. The molecular formula is C37H36Br2N2Ni2O2-2. The molecule has 3 aromatic carbocycles. The first-order valence-electron chi connectivity index (χ1n) is 14.7. The average Bonchev–Trinajstić information content (AvgIpc) is 3.48. The van der Waals surface area contributed by atoms with E-state index in [4.69, 9.17) is 19.5 Å². The number of aliphatic imine (C=N–C) groups is 2. The van der Waals surface area contributed by atoms with Gasteiger partial charge in [-0.05, 0) is 49.9 Å². The van der Waals surface area contributed by atoms with Gasteiger partial charge in [0.25, 0.3) is 0 Å². The topological polar surface area (TPSA) is 43.2 Å². The number of allylic oxidation sites excluding steroid dienone is 3. The Morgan fingerprint density at radius 2 is 1.31 bits per heavy atom. The van der Waals surface area contributed by atoms with E-state index in [2.05, 4.69) is 134 Å². The van der Waals surface area contributed by atoms with E-state index in [1.54, 1.807) is 0 Å². The Balaban J connectivity index is 0.00000230. The summed E-state index contributed by atoms with van der Waals surface area (Å²) in [5.41, 5.74) is 6.39. The minimum Gasteiger partial charge on any atom is -0.487 e. The molecule has 6 atom stereocenters. The minimum absolute atomic E-state index is 0. The van der Waals surface area contributed by atoms with Gasteiger partial charge in [-0.1, -0.05) is 99.8 Å². The first-order chi connectivity index (χ1) is 20.4. The largest absolute Gasteiger partial charge is 0.487 e. The van der Waals surface area contributed by atoms with Crippen molar-refractivity contribution in [1.82, 2.24) is 0 Å². The Bertz CT molecular complexity index is 1700. The van der Waals surface area contributed by atoms with Crippen LogP contribution in [0.5, 0.6) is 0 Å². The van der Waals surface area contributed by atoms with E-state index in [-0.39, 0.29) is 50.0 Å². The molecule has 0 saturated carbocycles. The quantitative estimate of drug-likeness (QED) is 0.142. The van der Waals surface area contributed by atoms with Gasteiger partial charge in [-0.15, -0.1) is 11.1 Å². The summed E-state index contributed by atoms with van der Waals surface area (Å²) in [5, 5.41) is 0. The molecule has 4 unspecified atom stereocenters. The van der Waals surface area contributed by atoms with Crippen LogP contribution in [-0.2, 0) is 53.5 Å². The molecule has 0 bridgehead atoms. The van der Waals surface area contributed by atoms with Gasteiger partial charge >= 0.3 is 0 Å². The molecule has 8 heteroatoms. The molecule has 0 aromatic heterocycles. The van der Waals surface area contributed by atoms with E-state index >= 15 is 0 Å². The maximum Gasteiger partial charge on any atom is 0.158 e.